The average Bonchev–Trinajstić information content (AvgIpc) is 3.13. The molecule has 2 aromatic carbocycles. The van der Waals surface area contributed by atoms with Crippen LogP contribution in [0.5, 0.6) is 5.75 Å². The van der Waals surface area contributed by atoms with Gasteiger partial charge >= 0.3 is 0 Å². The summed E-state index contributed by atoms with van der Waals surface area (Å²) in [5, 5.41) is 15.2. The number of carbonyl (C=O) groups is 2. The molecule has 1 unspecified atom stereocenters. The summed E-state index contributed by atoms with van der Waals surface area (Å²) in [6, 6.07) is 13.4. The number of aromatic nitrogens is 3. The van der Waals surface area contributed by atoms with Gasteiger partial charge in [-0.05, 0) is 55.5 Å². The molecule has 162 valence electrons. The van der Waals surface area contributed by atoms with Crippen LogP contribution in [-0.4, -0.2) is 39.4 Å². The third-order valence-electron chi connectivity index (χ3n) is 4.42. The summed E-state index contributed by atoms with van der Waals surface area (Å²) in [6.07, 6.45) is 0. The maximum Gasteiger partial charge on any atom is 0.251 e. The van der Waals surface area contributed by atoms with Crippen LogP contribution >= 0.6 is 23.4 Å². The molecule has 0 radical (unpaired) electrons. The monoisotopic (exact) mass is 459 g/mol. The van der Waals surface area contributed by atoms with Gasteiger partial charge in [-0.25, -0.2) is 0 Å². The Kier molecular flexibility index (Phi) is 7.54. The second-order valence-corrected chi connectivity index (χ2v) is 8.05. The van der Waals surface area contributed by atoms with E-state index in [-0.39, 0.29) is 23.6 Å². The van der Waals surface area contributed by atoms with E-state index in [4.69, 9.17) is 16.3 Å². The van der Waals surface area contributed by atoms with E-state index < -0.39 is 0 Å². The van der Waals surface area contributed by atoms with Crippen LogP contribution in [0.1, 0.15) is 29.1 Å². The molecule has 2 amide bonds. The maximum absolute atomic E-state index is 12.4. The zero-order valence-corrected chi connectivity index (χ0v) is 18.8. The Hall–Kier alpha value is -3.04. The molecule has 0 spiro atoms. The minimum Gasteiger partial charge on any atom is -0.497 e. The summed E-state index contributed by atoms with van der Waals surface area (Å²) in [4.78, 5) is 24.6. The molecule has 3 rings (SSSR count). The lowest BCUT2D eigenvalue weighted by Crippen LogP contribution is -2.28. The van der Waals surface area contributed by atoms with E-state index in [0.717, 1.165) is 5.75 Å². The minimum absolute atomic E-state index is 0.163. The molecule has 8 nitrogen and oxygen atoms in total. The third kappa shape index (κ3) is 5.99. The van der Waals surface area contributed by atoms with Crippen molar-refractivity contribution in [2.45, 2.75) is 18.1 Å². The molecular weight excluding hydrogens is 438 g/mol. The number of thioether (sulfide) groups is 1. The maximum atomic E-state index is 12.4. The van der Waals surface area contributed by atoms with Gasteiger partial charge in [-0.2, -0.15) is 0 Å². The number of hydrogen-bond acceptors (Lipinski definition) is 6. The second kappa shape index (κ2) is 10.3. The van der Waals surface area contributed by atoms with Crippen molar-refractivity contribution < 1.29 is 14.3 Å². The zero-order chi connectivity index (χ0) is 22.4. The van der Waals surface area contributed by atoms with Gasteiger partial charge in [0, 0.05) is 23.3 Å². The summed E-state index contributed by atoms with van der Waals surface area (Å²) in [5.74, 6) is 1.07. The third-order valence-corrected chi connectivity index (χ3v) is 5.69. The molecular formula is C21H22ClN5O3S. The molecule has 0 saturated carbocycles. The topological polar surface area (TPSA) is 98.1 Å². The summed E-state index contributed by atoms with van der Waals surface area (Å²) < 4.78 is 6.86. The Morgan fingerprint density at radius 1 is 1.13 bits per heavy atom. The smallest absolute Gasteiger partial charge is 0.251 e. The van der Waals surface area contributed by atoms with E-state index in [1.165, 1.54) is 11.8 Å². The number of amides is 2. The number of halogens is 1. The van der Waals surface area contributed by atoms with Crippen molar-refractivity contribution in [2.24, 2.45) is 7.05 Å². The van der Waals surface area contributed by atoms with Gasteiger partial charge in [0.05, 0.1) is 18.9 Å². The first-order chi connectivity index (χ1) is 14.9. The number of anilines is 1. The Bertz CT molecular complexity index is 1050. The van der Waals surface area contributed by atoms with Gasteiger partial charge in [-0.3, -0.25) is 9.59 Å². The van der Waals surface area contributed by atoms with Crippen LogP contribution in [0, 0.1) is 0 Å². The molecule has 2 N–H and O–H groups in total. The molecule has 31 heavy (non-hydrogen) atoms. The molecule has 0 bridgehead atoms. The predicted octanol–water partition coefficient (Wildman–Crippen LogP) is 3.70. The average molecular weight is 460 g/mol. The summed E-state index contributed by atoms with van der Waals surface area (Å²) in [7, 11) is 3.38. The quantitative estimate of drug-likeness (QED) is 0.498. The Morgan fingerprint density at radius 2 is 1.81 bits per heavy atom. The molecule has 0 aliphatic heterocycles. The Balaban J connectivity index is 1.55. The van der Waals surface area contributed by atoms with E-state index in [0.29, 0.717) is 27.3 Å². The largest absolute Gasteiger partial charge is 0.497 e. The fourth-order valence-electron chi connectivity index (χ4n) is 2.78. The number of benzene rings is 2. The number of nitrogens with one attached hydrogen (secondary N) is 2. The number of nitrogens with zero attached hydrogens (tertiary/aromatic N) is 3. The highest BCUT2D eigenvalue weighted by Gasteiger charge is 2.19. The lowest BCUT2D eigenvalue weighted by Gasteiger charge is -2.13. The lowest BCUT2D eigenvalue weighted by atomic mass is 10.2. The number of methoxy groups -OCH3 is 1. The SMILES string of the molecule is COc1ccc(NC(=O)CSc2nnc(C(C)NC(=O)c3ccc(Cl)cc3)n2C)cc1. The Labute approximate surface area is 189 Å². The number of carbonyl (C=O) groups excluding carboxylic acids is 2. The van der Waals surface area contributed by atoms with Gasteiger partial charge in [-0.15, -0.1) is 10.2 Å². The van der Waals surface area contributed by atoms with Crippen molar-refractivity contribution >= 4 is 40.9 Å². The van der Waals surface area contributed by atoms with Crippen molar-refractivity contribution in [3.05, 3.63) is 64.9 Å². The van der Waals surface area contributed by atoms with Gasteiger partial charge in [0.25, 0.3) is 5.91 Å². The zero-order valence-electron chi connectivity index (χ0n) is 17.3. The highest BCUT2D eigenvalue weighted by atomic mass is 35.5. The normalized spacial score (nSPS) is 11.6. The van der Waals surface area contributed by atoms with E-state index in [2.05, 4.69) is 20.8 Å². The number of hydrogen-bond donors (Lipinski definition) is 2. The summed E-state index contributed by atoms with van der Waals surface area (Å²) >= 11 is 7.12. The van der Waals surface area contributed by atoms with Crippen LogP contribution in [0.2, 0.25) is 5.02 Å². The van der Waals surface area contributed by atoms with Crippen molar-refractivity contribution in [3.8, 4) is 5.75 Å². The van der Waals surface area contributed by atoms with Gasteiger partial charge in [0.1, 0.15) is 5.75 Å². The van der Waals surface area contributed by atoms with E-state index in [9.17, 15) is 9.59 Å². The molecule has 0 fully saturated rings. The first-order valence-corrected chi connectivity index (χ1v) is 10.8. The molecule has 1 atom stereocenters. The van der Waals surface area contributed by atoms with E-state index in [1.807, 2.05) is 6.92 Å². The highest BCUT2D eigenvalue weighted by Crippen LogP contribution is 2.21. The first-order valence-electron chi connectivity index (χ1n) is 9.40. The van der Waals surface area contributed by atoms with Crippen LogP contribution in [0.25, 0.3) is 0 Å². The Morgan fingerprint density at radius 3 is 2.45 bits per heavy atom. The van der Waals surface area contributed by atoms with Gasteiger partial charge in [0.2, 0.25) is 5.91 Å². The molecule has 0 aliphatic rings. The van der Waals surface area contributed by atoms with Gasteiger partial charge in [-0.1, -0.05) is 23.4 Å². The van der Waals surface area contributed by atoms with Crippen LogP contribution in [0.4, 0.5) is 5.69 Å². The van der Waals surface area contributed by atoms with Crippen molar-refractivity contribution in [1.82, 2.24) is 20.1 Å². The van der Waals surface area contributed by atoms with E-state index in [1.54, 1.807) is 67.3 Å². The summed E-state index contributed by atoms with van der Waals surface area (Å²) in [5.41, 5.74) is 1.19. The second-order valence-electron chi connectivity index (χ2n) is 6.67. The molecule has 10 heteroatoms. The van der Waals surface area contributed by atoms with Crippen molar-refractivity contribution in [2.75, 3.05) is 18.2 Å². The molecule has 1 aromatic heterocycles. The fraction of sp³-hybridized carbons (Fsp3) is 0.238. The molecule has 0 aliphatic carbocycles. The van der Waals surface area contributed by atoms with E-state index >= 15 is 0 Å². The van der Waals surface area contributed by atoms with Crippen molar-refractivity contribution in [1.29, 1.82) is 0 Å². The number of ether oxygens (including phenoxy) is 1. The molecule has 0 saturated heterocycles. The minimum atomic E-state index is -0.372. The molecule has 1 heterocycles. The van der Waals surface area contributed by atoms with Crippen LogP contribution < -0.4 is 15.4 Å². The molecule has 3 aromatic rings. The lowest BCUT2D eigenvalue weighted by molar-refractivity contribution is -0.113. The van der Waals surface area contributed by atoms with Crippen molar-refractivity contribution in [3.63, 3.8) is 0 Å². The van der Waals surface area contributed by atoms with Crippen LogP contribution in [0.15, 0.2) is 53.7 Å². The predicted molar refractivity (Wildman–Crippen MR) is 121 cm³/mol. The summed E-state index contributed by atoms with van der Waals surface area (Å²) in [6.45, 7) is 1.82. The highest BCUT2D eigenvalue weighted by molar-refractivity contribution is 7.99. The first kappa shape index (κ1) is 22.6. The number of rotatable bonds is 8. The standard InChI is InChI=1S/C21H22ClN5O3S/c1-13(23-20(29)14-4-6-15(22)7-5-14)19-25-26-21(27(19)2)31-12-18(28)24-16-8-10-17(30-3)11-9-16/h4-11,13H,12H2,1-3H3,(H,23,29)(H,24,28). The fourth-order valence-corrected chi connectivity index (χ4v) is 3.62. The van der Waals surface area contributed by atoms with Crippen LogP contribution in [0.3, 0.4) is 0 Å². The van der Waals surface area contributed by atoms with Gasteiger partial charge < -0.3 is 19.9 Å². The van der Waals surface area contributed by atoms with Crippen LogP contribution in [-0.2, 0) is 11.8 Å². The van der Waals surface area contributed by atoms with Gasteiger partial charge in [0.15, 0.2) is 11.0 Å².